The van der Waals surface area contributed by atoms with Crippen LogP contribution in [0.1, 0.15) is 23.1 Å². The first-order valence-corrected chi connectivity index (χ1v) is 6.83. The van der Waals surface area contributed by atoms with Gasteiger partial charge >= 0.3 is 0 Å². The topological polar surface area (TPSA) is 18.5 Å². The van der Waals surface area contributed by atoms with Crippen LogP contribution in [0.5, 0.6) is 11.5 Å². The molecule has 0 radical (unpaired) electrons. The van der Waals surface area contributed by atoms with E-state index < -0.39 is 0 Å². The molecule has 102 valence electrons. The average Bonchev–Trinajstić information content (AvgIpc) is 2.87. The number of fused-ring (bicyclic) bond motifs is 1. The summed E-state index contributed by atoms with van der Waals surface area (Å²) in [4.78, 5) is 0. The second-order valence-corrected chi connectivity index (χ2v) is 5.04. The predicted molar refractivity (Wildman–Crippen MR) is 81.1 cm³/mol. The maximum absolute atomic E-state index is 6.01. The SMILES string of the molecule is C=C1CCc2cc(OC)cc(OCc3ccccc3)c21. The van der Waals surface area contributed by atoms with Crippen LogP contribution < -0.4 is 9.47 Å². The maximum Gasteiger partial charge on any atom is 0.131 e. The maximum atomic E-state index is 6.01. The van der Waals surface area contributed by atoms with Gasteiger partial charge in [-0.1, -0.05) is 36.9 Å². The molecule has 2 nitrogen and oxygen atoms in total. The molecule has 0 aliphatic heterocycles. The highest BCUT2D eigenvalue weighted by Crippen LogP contribution is 2.40. The Kier molecular flexibility index (Phi) is 3.46. The van der Waals surface area contributed by atoms with Crippen molar-refractivity contribution in [1.82, 2.24) is 0 Å². The predicted octanol–water partition coefficient (Wildman–Crippen LogP) is 4.23. The van der Waals surface area contributed by atoms with Crippen molar-refractivity contribution in [2.24, 2.45) is 0 Å². The second-order valence-electron chi connectivity index (χ2n) is 5.04. The van der Waals surface area contributed by atoms with E-state index in [0.717, 1.165) is 35.5 Å². The first kappa shape index (κ1) is 12.8. The molecule has 0 unspecified atom stereocenters. The van der Waals surface area contributed by atoms with Crippen molar-refractivity contribution in [2.45, 2.75) is 19.4 Å². The Bertz CT molecular complexity index is 629. The van der Waals surface area contributed by atoms with E-state index in [-0.39, 0.29) is 0 Å². The van der Waals surface area contributed by atoms with E-state index in [0.29, 0.717) is 6.61 Å². The van der Waals surface area contributed by atoms with Crippen molar-refractivity contribution in [1.29, 1.82) is 0 Å². The summed E-state index contributed by atoms with van der Waals surface area (Å²) in [5, 5.41) is 0. The molecule has 0 heterocycles. The van der Waals surface area contributed by atoms with Gasteiger partial charge in [0.1, 0.15) is 18.1 Å². The third-order valence-electron chi connectivity index (χ3n) is 3.68. The van der Waals surface area contributed by atoms with Crippen LogP contribution in [0.4, 0.5) is 0 Å². The third-order valence-corrected chi connectivity index (χ3v) is 3.68. The smallest absolute Gasteiger partial charge is 0.131 e. The third kappa shape index (κ3) is 2.42. The Balaban J connectivity index is 1.89. The van der Waals surface area contributed by atoms with Gasteiger partial charge in [0, 0.05) is 11.6 Å². The minimum Gasteiger partial charge on any atom is -0.497 e. The Morgan fingerprint density at radius 2 is 1.90 bits per heavy atom. The molecule has 1 aliphatic rings. The Morgan fingerprint density at radius 3 is 2.65 bits per heavy atom. The monoisotopic (exact) mass is 266 g/mol. The van der Waals surface area contributed by atoms with Gasteiger partial charge in [-0.05, 0) is 35.6 Å². The van der Waals surface area contributed by atoms with Crippen molar-refractivity contribution in [3.63, 3.8) is 0 Å². The van der Waals surface area contributed by atoms with Crippen LogP contribution in [0.25, 0.3) is 5.57 Å². The van der Waals surface area contributed by atoms with E-state index in [2.05, 4.69) is 24.8 Å². The van der Waals surface area contributed by atoms with Crippen molar-refractivity contribution in [2.75, 3.05) is 7.11 Å². The number of rotatable bonds is 4. The summed E-state index contributed by atoms with van der Waals surface area (Å²) in [5.74, 6) is 1.73. The average molecular weight is 266 g/mol. The van der Waals surface area contributed by atoms with E-state index in [1.54, 1.807) is 7.11 Å². The van der Waals surface area contributed by atoms with Gasteiger partial charge in [-0.15, -0.1) is 0 Å². The van der Waals surface area contributed by atoms with Crippen molar-refractivity contribution >= 4 is 5.57 Å². The van der Waals surface area contributed by atoms with Gasteiger partial charge in [0.25, 0.3) is 0 Å². The van der Waals surface area contributed by atoms with Crippen LogP contribution in [0.2, 0.25) is 0 Å². The molecule has 0 atom stereocenters. The molecule has 0 bridgehead atoms. The molecule has 0 aromatic heterocycles. The van der Waals surface area contributed by atoms with Crippen LogP contribution in [-0.2, 0) is 13.0 Å². The van der Waals surface area contributed by atoms with Crippen LogP contribution in [-0.4, -0.2) is 7.11 Å². The Labute approximate surface area is 119 Å². The highest BCUT2D eigenvalue weighted by atomic mass is 16.5. The molecule has 2 aromatic carbocycles. The lowest BCUT2D eigenvalue weighted by Gasteiger charge is -2.13. The first-order chi connectivity index (χ1) is 9.78. The van der Waals surface area contributed by atoms with Gasteiger partial charge in [0.2, 0.25) is 0 Å². The summed E-state index contributed by atoms with van der Waals surface area (Å²) in [6, 6.07) is 14.2. The lowest BCUT2D eigenvalue weighted by Crippen LogP contribution is -1.99. The van der Waals surface area contributed by atoms with E-state index in [4.69, 9.17) is 9.47 Å². The highest BCUT2D eigenvalue weighted by Gasteiger charge is 2.21. The second kappa shape index (κ2) is 5.41. The van der Waals surface area contributed by atoms with Crippen molar-refractivity contribution in [3.8, 4) is 11.5 Å². The van der Waals surface area contributed by atoms with E-state index in [9.17, 15) is 0 Å². The zero-order valence-electron chi connectivity index (χ0n) is 11.7. The molecule has 0 spiro atoms. The molecule has 2 heteroatoms. The summed E-state index contributed by atoms with van der Waals surface area (Å²) in [7, 11) is 1.69. The fourth-order valence-electron chi connectivity index (χ4n) is 2.62. The quantitative estimate of drug-likeness (QED) is 0.824. The number of benzene rings is 2. The van der Waals surface area contributed by atoms with Gasteiger partial charge < -0.3 is 9.47 Å². The lowest BCUT2D eigenvalue weighted by molar-refractivity contribution is 0.302. The fraction of sp³-hybridized carbons (Fsp3) is 0.222. The van der Waals surface area contributed by atoms with E-state index >= 15 is 0 Å². The number of allylic oxidation sites excluding steroid dienone is 1. The van der Waals surface area contributed by atoms with Crippen molar-refractivity contribution < 1.29 is 9.47 Å². The zero-order chi connectivity index (χ0) is 13.9. The number of ether oxygens (including phenoxy) is 2. The normalized spacial score (nSPS) is 13.2. The minimum absolute atomic E-state index is 0.563. The van der Waals surface area contributed by atoms with Gasteiger partial charge in [0.15, 0.2) is 0 Å². The molecule has 3 rings (SSSR count). The van der Waals surface area contributed by atoms with E-state index in [1.165, 1.54) is 11.1 Å². The first-order valence-electron chi connectivity index (χ1n) is 6.83. The standard InChI is InChI=1S/C18H18O2/c1-13-8-9-15-10-16(19-2)11-17(18(13)15)20-12-14-6-4-3-5-7-14/h3-7,10-11H,1,8-9,12H2,2H3. The molecule has 0 fully saturated rings. The fourth-order valence-corrected chi connectivity index (χ4v) is 2.62. The largest absolute Gasteiger partial charge is 0.497 e. The molecule has 0 amide bonds. The summed E-state index contributed by atoms with van der Waals surface area (Å²) >= 11 is 0. The zero-order valence-corrected chi connectivity index (χ0v) is 11.7. The Hall–Kier alpha value is -2.22. The Morgan fingerprint density at radius 1 is 1.10 bits per heavy atom. The van der Waals surface area contributed by atoms with Crippen LogP contribution in [0.15, 0.2) is 49.0 Å². The summed E-state index contributed by atoms with van der Waals surface area (Å²) < 4.78 is 11.4. The summed E-state index contributed by atoms with van der Waals surface area (Å²) in [6.07, 6.45) is 2.03. The summed E-state index contributed by atoms with van der Waals surface area (Å²) in [5.41, 5.74) is 4.76. The lowest BCUT2D eigenvalue weighted by atomic mass is 10.1. The molecule has 0 N–H and O–H groups in total. The molecule has 20 heavy (non-hydrogen) atoms. The number of hydrogen-bond acceptors (Lipinski definition) is 2. The summed E-state index contributed by atoms with van der Waals surface area (Å²) in [6.45, 7) is 4.71. The van der Waals surface area contributed by atoms with Gasteiger partial charge in [-0.25, -0.2) is 0 Å². The highest BCUT2D eigenvalue weighted by molar-refractivity contribution is 5.76. The van der Waals surface area contributed by atoms with Crippen molar-refractivity contribution in [3.05, 3.63) is 65.7 Å². The minimum atomic E-state index is 0.563. The number of hydrogen-bond donors (Lipinski definition) is 0. The molecular weight excluding hydrogens is 248 g/mol. The van der Waals surface area contributed by atoms with Crippen LogP contribution in [0, 0.1) is 0 Å². The molecule has 0 saturated carbocycles. The van der Waals surface area contributed by atoms with Gasteiger partial charge in [0.05, 0.1) is 7.11 Å². The van der Waals surface area contributed by atoms with Crippen LogP contribution >= 0.6 is 0 Å². The molecule has 2 aromatic rings. The van der Waals surface area contributed by atoms with Gasteiger partial charge in [-0.3, -0.25) is 0 Å². The van der Waals surface area contributed by atoms with E-state index in [1.807, 2.05) is 24.3 Å². The number of methoxy groups -OCH3 is 1. The number of aryl methyl sites for hydroxylation is 1. The molecule has 0 saturated heterocycles. The van der Waals surface area contributed by atoms with Crippen LogP contribution in [0.3, 0.4) is 0 Å². The molecule has 1 aliphatic carbocycles. The van der Waals surface area contributed by atoms with Gasteiger partial charge in [-0.2, -0.15) is 0 Å². The molecular formula is C18H18O2.